The number of carbonyl (C=O) groups excluding carboxylic acids is 2. The molecule has 0 unspecified atom stereocenters. The molecule has 0 radical (unpaired) electrons. The molecule has 0 heterocycles. The summed E-state index contributed by atoms with van der Waals surface area (Å²) in [7, 11) is -1.75. The average Bonchev–Trinajstić information content (AvgIpc) is 3.10. The molecule has 0 aliphatic carbocycles. The Morgan fingerprint density at radius 2 is 0.372 bits per heavy atom. The van der Waals surface area contributed by atoms with E-state index >= 15 is 0 Å². The van der Waals surface area contributed by atoms with Gasteiger partial charge in [0.15, 0.2) is 0 Å². The predicted molar refractivity (Wildman–Crippen MR) is 187 cm³/mol. The predicted octanol–water partition coefficient (Wildman–Crippen LogP) is 5.80. The zero-order valence-electron chi connectivity index (χ0n) is 23.6. The van der Waals surface area contributed by atoms with Crippen molar-refractivity contribution in [1.82, 2.24) is 0 Å². The molecule has 0 N–H and O–H groups in total. The van der Waals surface area contributed by atoms with Crippen molar-refractivity contribution >= 4 is 61.2 Å². The van der Waals surface area contributed by atoms with E-state index in [1.54, 1.807) is 0 Å². The monoisotopic (exact) mass is 779 g/mol. The van der Waals surface area contributed by atoms with Crippen LogP contribution in [-0.2, 0) is 30.7 Å². The molecule has 6 rings (SSSR count). The first-order valence-electron chi connectivity index (χ1n) is 13.4. The normalized spacial score (nSPS) is 9.53. The van der Waals surface area contributed by atoms with Crippen LogP contribution in [0.4, 0.5) is 0 Å². The summed E-state index contributed by atoms with van der Waals surface area (Å²) in [5.74, 6) is 0. The molecule has 43 heavy (non-hydrogen) atoms. The summed E-state index contributed by atoms with van der Waals surface area (Å²) in [4.78, 5) is 15.5. The van der Waals surface area contributed by atoms with Gasteiger partial charge < -0.3 is 9.59 Å². The largest absolute Gasteiger partial charge is 2.00 e. The van der Waals surface area contributed by atoms with Gasteiger partial charge in [-0.3, -0.25) is 13.6 Å². The molecule has 0 saturated carbocycles. The summed E-state index contributed by atoms with van der Waals surface area (Å²) in [6, 6.07) is 65.0. The van der Waals surface area contributed by atoms with Crippen LogP contribution in [0.1, 0.15) is 0 Å². The Kier molecular flexibility index (Phi) is 17.3. The molecule has 6 aromatic rings. The van der Waals surface area contributed by atoms with Crippen molar-refractivity contribution in [1.29, 1.82) is 0 Å². The molecule has 0 aromatic heterocycles. The molecule has 0 bridgehead atoms. The second kappa shape index (κ2) is 21.0. The minimum atomic E-state index is -0.877. The third-order valence-electron chi connectivity index (χ3n) is 6.37. The van der Waals surface area contributed by atoms with Crippen LogP contribution >= 0.6 is 15.8 Å². The van der Waals surface area contributed by atoms with Crippen molar-refractivity contribution in [3.05, 3.63) is 182 Å². The Balaban J connectivity index is 0.000000264. The third-order valence-corrected chi connectivity index (χ3v) is 11.8. The van der Waals surface area contributed by atoms with E-state index in [-0.39, 0.29) is 21.1 Å². The second-order valence-electron chi connectivity index (χ2n) is 8.95. The van der Waals surface area contributed by atoms with Gasteiger partial charge in [-0.2, -0.15) is 0 Å². The summed E-state index contributed by atoms with van der Waals surface area (Å²) in [5, 5.41) is 8.61. The number of hydrogen-bond donors (Lipinski definition) is 0. The van der Waals surface area contributed by atoms with Gasteiger partial charge in [-0.15, -0.1) is 0 Å². The molecular formula is C38H34O2P2Pt+2. The van der Waals surface area contributed by atoms with Crippen LogP contribution in [0, 0.1) is 0 Å². The first-order valence-corrected chi connectivity index (χ1v) is 16.4. The molecule has 5 heteroatoms. The van der Waals surface area contributed by atoms with Gasteiger partial charge in [0.1, 0.15) is 31.8 Å². The van der Waals surface area contributed by atoms with Crippen molar-refractivity contribution in [3.63, 3.8) is 0 Å². The fourth-order valence-electron chi connectivity index (χ4n) is 4.63. The van der Waals surface area contributed by atoms with E-state index in [0.717, 1.165) is 0 Å². The molecular weight excluding hydrogens is 745 g/mol. The van der Waals surface area contributed by atoms with E-state index in [4.69, 9.17) is 9.59 Å². The van der Waals surface area contributed by atoms with E-state index < -0.39 is 15.8 Å². The molecule has 2 nitrogen and oxygen atoms in total. The number of hydrogen-bond acceptors (Lipinski definition) is 2. The van der Waals surface area contributed by atoms with Gasteiger partial charge in [0, 0.05) is 0 Å². The van der Waals surface area contributed by atoms with E-state index in [0.29, 0.717) is 0 Å². The van der Waals surface area contributed by atoms with Gasteiger partial charge in [0.25, 0.3) is 0 Å². The standard InChI is InChI=1S/2C18H15P.2CHO.Pt/c2*1-4-10-16(11-5-1)19(17-12-6-2-7-13-17)18-14-8-3-9-15-18;2*1-2;/h2*1-15H;2*1H;/q;;2*-1;+2/p+2. The Bertz CT molecular complexity index is 1220. The van der Waals surface area contributed by atoms with Crippen molar-refractivity contribution in [2.24, 2.45) is 0 Å². The molecule has 0 amide bonds. The zero-order valence-corrected chi connectivity index (χ0v) is 27.9. The van der Waals surface area contributed by atoms with Crippen LogP contribution in [-0.4, -0.2) is 13.6 Å². The average molecular weight is 780 g/mol. The quantitative estimate of drug-likeness (QED) is 0.122. The van der Waals surface area contributed by atoms with Gasteiger partial charge in [-0.05, 0) is 72.8 Å². The third kappa shape index (κ3) is 10.8. The van der Waals surface area contributed by atoms with Crippen molar-refractivity contribution < 1.29 is 30.7 Å². The van der Waals surface area contributed by atoms with Crippen LogP contribution in [0.3, 0.4) is 0 Å². The molecule has 0 fully saturated rings. The minimum absolute atomic E-state index is 0. The van der Waals surface area contributed by atoms with E-state index in [1.165, 1.54) is 31.8 Å². The fourth-order valence-corrected chi connectivity index (χ4v) is 9.78. The molecule has 0 saturated heterocycles. The molecule has 0 atom stereocenters. The maximum absolute atomic E-state index is 7.75. The zero-order chi connectivity index (χ0) is 29.8. The van der Waals surface area contributed by atoms with Crippen molar-refractivity contribution in [2.75, 3.05) is 0 Å². The fraction of sp³-hybridized carbons (Fsp3) is 0. The summed E-state index contributed by atoms with van der Waals surface area (Å²) < 4.78 is 0. The summed E-state index contributed by atoms with van der Waals surface area (Å²) in [6.45, 7) is 6.50. The molecule has 0 aliphatic heterocycles. The van der Waals surface area contributed by atoms with Crippen LogP contribution in [0.15, 0.2) is 182 Å². The molecule has 0 aliphatic rings. The minimum Gasteiger partial charge on any atom is -0.545 e. The topological polar surface area (TPSA) is 34.1 Å². The number of benzene rings is 6. The molecule has 0 spiro atoms. The van der Waals surface area contributed by atoms with E-state index in [9.17, 15) is 0 Å². The van der Waals surface area contributed by atoms with Gasteiger partial charge in [-0.1, -0.05) is 109 Å². The van der Waals surface area contributed by atoms with Crippen molar-refractivity contribution in [3.8, 4) is 0 Å². The maximum Gasteiger partial charge on any atom is 2.00 e. The van der Waals surface area contributed by atoms with Crippen LogP contribution < -0.4 is 31.8 Å². The summed E-state index contributed by atoms with van der Waals surface area (Å²) in [5.41, 5.74) is 0. The summed E-state index contributed by atoms with van der Waals surface area (Å²) >= 11 is 0. The second-order valence-corrected chi connectivity index (χ2v) is 13.9. The van der Waals surface area contributed by atoms with Crippen molar-refractivity contribution in [2.45, 2.75) is 0 Å². The van der Waals surface area contributed by atoms with Gasteiger partial charge >= 0.3 is 21.1 Å². The molecule has 216 valence electrons. The van der Waals surface area contributed by atoms with Crippen LogP contribution in [0.25, 0.3) is 0 Å². The Labute approximate surface area is 272 Å². The first-order chi connectivity index (χ1) is 20.9. The van der Waals surface area contributed by atoms with Crippen LogP contribution in [0.2, 0.25) is 0 Å². The van der Waals surface area contributed by atoms with Gasteiger partial charge in [-0.25, -0.2) is 0 Å². The van der Waals surface area contributed by atoms with Gasteiger partial charge in [0.05, 0.1) is 15.8 Å². The SMILES string of the molecule is [CH-]=O.[CH-]=O.[Pt+2].c1ccc([PH+](c2ccccc2)c2ccccc2)cc1.c1ccc([PH+](c2ccccc2)c2ccccc2)cc1. The number of rotatable bonds is 6. The van der Waals surface area contributed by atoms with Crippen LogP contribution in [0.5, 0.6) is 0 Å². The smallest absolute Gasteiger partial charge is 0.545 e. The Morgan fingerprint density at radius 3 is 0.488 bits per heavy atom. The molecule has 6 aromatic carbocycles. The first kappa shape index (κ1) is 35.4. The van der Waals surface area contributed by atoms with Gasteiger partial charge in [0.2, 0.25) is 0 Å². The summed E-state index contributed by atoms with van der Waals surface area (Å²) in [6.07, 6.45) is 0. The van der Waals surface area contributed by atoms with E-state index in [1.807, 2.05) is 0 Å². The maximum atomic E-state index is 7.75. The Hall–Kier alpha value is -3.79. The van der Waals surface area contributed by atoms with E-state index in [2.05, 4.69) is 196 Å². The Morgan fingerprint density at radius 1 is 0.256 bits per heavy atom.